The highest BCUT2D eigenvalue weighted by Crippen LogP contribution is 2.05. The van der Waals surface area contributed by atoms with Gasteiger partial charge >= 0.3 is 0 Å². The van der Waals surface area contributed by atoms with Crippen LogP contribution in [0.2, 0.25) is 0 Å². The van der Waals surface area contributed by atoms with Crippen molar-refractivity contribution < 1.29 is 0 Å². The lowest BCUT2D eigenvalue weighted by atomic mass is 10.2. The monoisotopic (exact) mass is 153 g/mol. The lowest BCUT2D eigenvalue weighted by Gasteiger charge is -1.89. The third kappa shape index (κ3) is 2.31. The molecule has 0 spiro atoms. The molecule has 0 N–H and O–H groups in total. The Bertz CT molecular complexity index is 199. The van der Waals surface area contributed by atoms with Gasteiger partial charge in [0, 0.05) is 5.38 Å². The molecule has 1 heterocycles. The molecule has 0 atom stereocenters. The average molecular weight is 153 g/mol. The number of aromatic nitrogens is 1. The quantitative estimate of drug-likeness (QED) is 0.636. The minimum absolute atomic E-state index is 0.613. The van der Waals surface area contributed by atoms with Gasteiger partial charge in [-0.25, -0.2) is 4.98 Å². The van der Waals surface area contributed by atoms with Gasteiger partial charge in [0.05, 0.1) is 11.2 Å². The standard InChI is InChI=1S/C8H11NS/c1-7(2)3-4-8-5-10-6-9-8/h3-7H,1-2H3/b4-3+. The molecule has 0 bridgehead atoms. The van der Waals surface area contributed by atoms with Crippen molar-refractivity contribution in [1.29, 1.82) is 0 Å². The van der Waals surface area contributed by atoms with E-state index in [0.717, 1.165) is 5.69 Å². The highest BCUT2D eigenvalue weighted by Gasteiger charge is 1.87. The van der Waals surface area contributed by atoms with Gasteiger partial charge in [-0.15, -0.1) is 11.3 Å². The van der Waals surface area contributed by atoms with Crippen LogP contribution in [-0.4, -0.2) is 4.98 Å². The van der Waals surface area contributed by atoms with Crippen LogP contribution in [0.1, 0.15) is 19.5 Å². The predicted molar refractivity (Wildman–Crippen MR) is 46.0 cm³/mol. The third-order valence-corrected chi connectivity index (χ3v) is 1.71. The molecule has 0 radical (unpaired) electrons. The molecule has 0 amide bonds. The largest absolute Gasteiger partial charge is 0.245 e. The van der Waals surface area contributed by atoms with Gasteiger partial charge in [0.1, 0.15) is 0 Å². The molecule has 1 rings (SSSR count). The van der Waals surface area contributed by atoms with Gasteiger partial charge in [-0.2, -0.15) is 0 Å². The van der Waals surface area contributed by atoms with E-state index in [9.17, 15) is 0 Å². The van der Waals surface area contributed by atoms with Crippen molar-refractivity contribution in [3.8, 4) is 0 Å². The maximum absolute atomic E-state index is 4.12. The number of hydrogen-bond acceptors (Lipinski definition) is 2. The number of nitrogens with zero attached hydrogens (tertiary/aromatic N) is 1. The Kier molecular flexibility index (Phi) is 2.63. The summed E-state index contributed by atoms with van der Waals surface area (Å²) in [7, 11) is 0. The van der Waals surface area contributed by atoms with Crippen LogP contribution in [0.4, 0.5) is 0 Å². The minimum Gasteiger partial charge on any atom is -0.245 e. The summed E-state index contributed by atoms with van der Waals surface area (Å²) in [5, 5.41) is 2.04. The summed E-state index contributed by atoms with van der Waals surface area (Å²) in [5.41, 5.74) is 2.92. The van der Waals surface area contributed by atoms with Crippen molar-refractivity contribution in [3.05, 3.63) is 22.7 Å². The lowest BCUT2D eigenvalue weighted by Crippen LogP contribution is -1.76. The molecular weight excluding hydrogens is 142 g/mol. The Hall–Kier alpha value is -0.630. The Morgan fingerprint density at radius 1 is 1.60 bits per heavy atom. The van der Waals surface area contributed by atoms with Gasteiger partial charge < -0.3 is 0 Å². The second-order valence-electron chi connectivity index (χ2n) is 2.52. The summed E-state index contributed by atoms with van der Waals surface area (Å²) in [6, 6.07) is 0. The van der Waals surface area contributed by atoms with Crippen LogP contribution in [-0.2, 0) is 0 Å². The number of thiazole rings is 1. The Labute approximate surface area is 65.4 Å². The summed E-state index contributed by atoms with van der Waals surface area (Å²) in [4.78, 5) is 4.12. The van der Waals surface area contributed by atoms with Gasteiger partial charge in [-0.3, -0.25) is 0 Å². The maximum Gasteiger partial charge on any atom is 0.0798 e. The zero-order valence-electron chi connectivity index (χ0n) is 6.24. The molecule has 0 aliphatic carbocycles. The molecule has 2 heteroatoms. The van der Waals surface area contributed by atoms with Crippen LogP contribution in [0.5, 0.6) is 0 Å². The first kappa shape index (κ1) is 7.48. The van der Waals surface area contributed by atoms with Crippen LogP contribution < -0.4 is 0 Å². The fourth-order valence-electron chi connectivity index (χ4n) is 0.595. The van der Waals surface area contributed by atoms with Crippen molar-refractivity contribution in [3.63, 3.8) is 0 Å². The second-order valence-corrected chi connectivity index (χ2v) is 3.24. The highest BCUT2D eigenvalue weighted by atomic mass is 32.1. The molecule has 10 heavy (non-hydrogen) atoms. The van der Waals surface area contributed by atoms with E-state index >= 15 is 0 Å². The van der Waals surface area contributed by atoms with Gasteiger partial charge in [0.15, 0.2) is 0 Å². The van der Waals surface area contributed by atoms with Crippen LogP contribution in [0.25, 0.3) is 6.08 Å². The molecule has 0 fully saturated rings. The molecule has 0 aliphatic heterocycles. The minimum atomic E-state index is 0.613. The van der Waals surface area contributed by atoms with Gasteiger partial charge in [0.2, 0.25) is 0 Å². The van der Waals surface area contributed by atoms with Crippen LogP contribution in [0.3, 0.4) is 0 Å². The second kappa shape index (κ2) is 3.52. The molecule has 0 aromatic carbocycles. The Morgan fingerprint density at radius 3 is 2.90 bits per heavy atom. The first-order valence-electron chi connectivity index (χ1n) is 3.35. The third-order valence-electron chi connectivity index (χ3n) is 1.10. The molecule has 0 aliphatic rings. The van der Waals surface area contributed by atoms with Crippen LogP contribution >= 0.6 is 11.3 Å². The average Bonchev–Trinajstić information content (AvgIpc) is 2.34. The number of allylic oxidation sites excluding steroid dienone is 1. The lowest BCUT2D eigenvalue weighted by molar-refractivity contribution is 0.836. The van der Waals surface area contributed by atoms with Gasteiger partial charge in [-0.05, 0) is 12.0 Å². The number of hydrogen-bond donors (Lipinski definition) is 0. The first-order chi connectivity index (χ1) is 4.79. The van der Waals surface area contributed by atoms with E-state index in [4.69, 9.17) is 0 Å². The van der Waals surface area contributed by atoms with Crippen molar-refractivity contribution in [2.75, 3.05) is 0 Å². The fourth-order valence-corrected chi connectivity index (χ4v) is 1.12. The van der Waals surface area contributed by atoms with Crippen molar-refractivity contribution >= 4 is 17.4 Å². The molecule has 0 saturated heterocycles. The van der Waals surface area contributed by atoms with Crippen LogP contribution in [0, 0.1) is 5.92 Å². The fraction of sp³-hybridized carbons (Fsp3) is 0.375. The van der Waals surface area contributed by atoms with E-state index in [1.54, 1.807) is 11.3 Å². The Balaban J connectivity index is 2.55. The summed E-state index contributed by atoms with van der Waals surface area (Å²) in [6.45, 7) is 4.31. The highest BCUT2D eigenvalue weighted by molar-refractivity contribution is 7.07. The molecule has 1 nitrogen and oxygen atoms in total. The molecule has 1 aromatic heterocycles. The van der Waals surface area contributed by atoms with Crippen molar-refractivity contribution in [1.82, 2.24) is 4.98 Å². The molecule has 1 aromatic rings. The maximum atomic E-state index is 4.12. The van der Waals surface area contributed by atoms with Gasteiger partial charge in [0.25, 0.3) is 0 Å². The van der Waals surface area contributed by atoms with E-state index in [1.165, 1.54) is 0 Å². The van der Waals surface area contributed by atoms with Crippen molar-refractivity contribution in [2.24, 2.45) is 5.92 Å². The smallest absolute Gasteiger partial charge is 0.0798 e. The zero-order valence-corrected chi connectivity index (χ0v) is 7.06. The Morgan fingerprint density at radius 2 is 2.40 bits per heavy atom. The van der Waals surface area contributed by atoms with Gasteiger partial charge in [-0.1, -0.05) is 19.9 Å². The summed E-state index contributed by atoms with van der Waals surface area (Å²) in [5.74, 6) is 0.613. The SMILES string of the molecule is CC(C)/C=C/c1cscn1. The molecule has 0 unspecified atom stereocenters. The zero-order chi connectivity index (χ0) is 7.40. The predicted octanol–water partition coefficient (Wildman–Crippen LogP) is 2.81. The van der Waals surface area contributed by atoms with E-state index in [0.29, 0.717) is 5.92 Å². The summed E-state index contributed by atoms with van der Waals surface area (Å²) < 4.78 is 0. The van der Waals surface area contributed by atoms with Crippen molar-refractivity contribution in [2.45, 2.75) is 13.8 Å². The first-order valence-corrected chi connectivity index (χ1v) is 4.29. The van der Waals surface area contributed by atoms with Crippen LogP contribution in [0.15, 0.2) is 17.0 Å². The van der Waals surface area contributed by atoms with E-state index in [-0.39, 0.29) is 0 Å². The van der Waals surface area contributed by atoms with E-state index in [1.807, 2.05) is 10.9 Å². The molecule has 54 valence electrons. The molecule has 0 saturated carbocycles. The van der Waals surface area contributed by atoms with E-state index in [2.05, 4.69) is 31.0 Å². The molecular formula is C8H11NS. The summed E-state index contributed by atoms with van der Waals surface area (Å²) >= 11 is 1.63. The topological polar surface area (TPSA) is 12.9 Å². The normalized spacial score (nSPS) is 11.5. The number of rotatable bonds is 2. The van der Waals surface area contributed by atoms with E-state index < -0.39 is 0 Å². The summed E-state index contributed by atoms with van der Waals surface area (Å²) in [6.07, 6.45) is 4.20.